The van der Waals surface area contributed by atoms with E-state index >= 15 is 0 Å². The summed E-state index contributed by atoms with van der Waals surface area (Å²) in [6, 6.07) is 60.8. The molecule has 1 spiro atoms. The van der Waals surface area contributed by atoms with Crippen molar-refractivity contribution in [2.45, 2.75) is 58.4 Å². The summed E-state index contributed by atoms with van der Waals surface area (Å²) < 4.78 is 0. The molecule has 0 radical (unpaired) electrons. The largest absolute Gasteiger partial charge is 0.338 e. The lowest BCUT2D eigenvalue weighted by atomic mass is 9.69. The molecule has 0 aromatic heterocycles. The highest BCUT2D eigenvalue weighted by molar-refractivity contribution is 6.21. The van der Waals surface area contributed by atoms with Gasteiger partial charge in [0.15, 0.2) is 0 Å². The zero-order chi connectivity index (χ0) is 40.9. The van der Waals surface area contributed by atoms with Crippen LogP contribution in [0.4, 0.5) is 11.4 Å². The van der Waals surface area contributed by atoms with E-state index in [9.17, 15) is 0 Å². The lowest BCUT2D eigenvalue weighted by molar-refractivity contribution is 0.248. The molecule has 1 heteroatoms. The van der Waals surface area contributed by atoms with E-state index in [1.54, 1.807) is 0 Å². The summed E-state index contributed by atoms with van der Waals surface area (Å²) in [4.78, 5) is 2.64. The minimum Gasteiger partial charge on any atom is -0.338 e. The number of anilines is 2. The van der Waals surface area contributed by atoms with E-state index in [4.69, 9.17) is 0 Å². The summed E-state index contributed by atoms with van der Waals surface area (Å²) in [5.74, 6) is 0.371. The first-order valence-corrected chi connectivity index (χ1v) is 21.8. The smallest absolute Gasteiger partial charge is 0.0726 e. The number of benzene rings is 8. The van der Waals surface area contributed by atoms with Gasteiger partial charge in [-0.25, -0.2) is 0 Å². The Kier molecular flexibility index (Phi) is 7.15. The highest BCUT2D eigenvalue weighted by Gasteiger charge is 2.53. The van der Waals surface area contributed by atoms with Crippen LogP contribution < -0.4 is 4.90 Å². The van der Waals surface area contributed by atoms with Crippen molar-refractivity contribution >= 4 is 22.1 Å². The molecule has 290 valence electrons. The van der Waals surface area contributed by atoms with Crippen molar-refractivity contribution in [1.29, 1.82) is 0 Å². The average molecular weight is 772 g/mol. The maximum Gasteiger partial charge on any atom is 0.0726 e. The Morgan fingerprint density at radius 2 is 0.983 bits per heavy atom. The van der Waals surface area contributed by atoms with Gasteiger partial charge in [0.05, 0.1) is 5.41 Å². The van der Waals surface area contributed by atoms with Crippen molar-refractivity contribution in [3.8, 4) is 55.6 Å². The quantitative estimate of drug-likeness (QED) is 0.152. The Balaban J connectivity index is 1.15. The molecule has 0 bridgehead atoms. The topological polar surface area (TPSA) is 3.24 Å². The summed E-state index contributed by atoms with van der Waals surface area (Å²) in [6.07, 6.45) is 2.21. The summed E-state index contributed by atoms with van der Waals surface area (Å²) in [7, 11) is 0. The van der Waals surface area contributed by atoms with Crippen LogP contribution in [-0.2, 0) is 10.8 Å². The molecule has 0 heterocycles. The number of hydrogen-bond acceptors (Lipinski definition) is 1. The molecule has 0 saturated carbocycles. The zero-order valence-electron chi connectivity index (χ0n) is 35.4. The van der Waals surface area contributed by atoms with Crippen LogP contribution in [0.5, 0.6) is 0 Å². The fraction of sp³-hybridized carbons (Fsp3) is 0.186. The molecular formula is C59H49N. The Hall–Kier alpha value is -6.44. The van der Waals surface area contributed by atoms with Crippen molar-refractivity contribution < 1.29 is 0 Å². The number of rotatable bonds is 6. The molecule has 8 aromatic rings. The third-order valence-corrected chi connectivity index (χ3v) is 15.8. The Labute approximate surface area is 354 Å². The fourth-order valence-electron chi connectivity index (χ4n) is 12.2. The van der Waals surface area contributed by atoms with Gasteiger partial charge in [-0.15, -0.1) is 6.58 Å². The van der Waals surface area contributed by atoms with E-state index in [-0.39, 0.29) is 16.9 Å². The van der Waals surface area contributed by atoms with Crippen molar-refractivity contribution in [2.24, 2.45) is 11.3 Å². The van der Waals surface area contributed by atoms with Crippen LogP contribution in [0.2, 0.25) is 0 Å². The van der Waals surface area contributed by atoms with Gasteiger partial charge in [-0.1, -0.05) is 168 Å². The van der Waals surface area contributed by atoms with Gasteiger partial charge in [0, 0.05) is 28.2 Å². The molecule has 0 saturated heterocycles. The molecule has 1 unspecified atom stereocenters. The molecule has 4 aliphatic rings. The van der Waals surface area contributed by atoms with Gasteiger partial charge in [0.25, 0.3) is 0 Å². The molecule has 3 atom stereocenters. The van der Waals surface area contributed by atoms with Crippen molar-refractivity contribution in [1.82, 2.24) is 0 Å². The molecular weight excluding hydrogens is 723 g/mol. The van der Waals surface area contributed by atoms with Crippen LogP contribution in [-0.4, -0.2) is 6.04 Å². The van der Waals surface area contributed by atoms with Gasteiger partial charge in [-0.2, -0.15) is 0 Å². The second-order valence-corrected chi connectivity index (χ2v) is 18.9. The van der Waals surface area contributed by atoms with Gasteiger partial charge in [0.1, 0.15) is 0 Å². The summed E-state index contributed by atoms with van der Waals surface area (Å²) >= 11 is 0. The molecule has 1 nitrogen and oxygen atoms in total. The van der Waals surface area contributed by atoms with Crippen LogP contribution >= 0.6 is 0 Å². The van der Waals surface area contributed by atoms with Crippen molar-refractivity contribution in [3.63, 3.8) is 0 Å². The summed E-state index contributed by atoms with van der Waals surface area (Å²) in [6.45, 7) is 18.8. The molecule has 0 amide bonds. The second-order valence-electron chi connectivity index (χ2n) is 18.9. The number of nitrogens with zero attached hydrogens (tertiary/aromatic N) is 1. The monoisotopic (exact) mass is 771 g/mol. The lowest BCUT2D eigenvalue weighted by Gasteiger charge is -2.45. The van der Waals surface area contributed by atoms with Crippen molar-refractivity contribution in [3.05, 3.63) is 204 Å². The van der Waals surface area contributed by atoms with Crippen LogP contribution in [0.3, 0.4) is 0 Å². The molecule has 0 fully saturated rings. The maximum atomic E-state index is 4.48. The van der Waals surface area contributed by atoms with Crippen LogP contribution in [0.1, 0.15) is 74.9 Å². The first kappa shape index (κ1) is 35.5. The third-order valence-electron chi connectivity index (χ3n) is 15.8. The standard InChI is InChI=1S/C59H49N/c1-8-58(7,35(2)3)36(4)60(37-28-30-43-41-20-11-14-25-49(41)57(5,6)52(43)32-37)38-29-31-44-42-21-12-15-26-50(42)59(53(44)33-38)51-27-16-13-22-46(51)56-47-24-17-23-45-39-18-9-10-19-40(39)48(55(45)47)34-54(56)59/h8-36H,1H2,2-7H3/t36-,58-,59?/m1/s1. The van der Waals surface area contributed by atoms with Crippen molar-refractivity contribution in [2.75, 3.05) is 4.90 Å². The third kappa shape index (κ3) is 4.23. The molecule has 0 N–H and O–H groups in total. The Morgan fingerprint density at radius 3 is 1.63 bits per heavy atom. The predicted octanol–water partition coefficient (Wildman–Crippen LogP) is 15.5. The van der Waals surface area contributed by atoms with Gasteiger partial charge >= 0.3 is 0 Å². The Morgan fingerprint density at radius 1 is 0.483 bits per heavy atom. The molecule has 8 aromatic carbocycles. The van der Waals surface area contributed by atoms with Crippen LogP contribution in [0.15, 0.2) is 170 Å². The minimum atomic E-state index is -0.498. The van der Waals surface area contributed by atoms with Gasteiger partial charge < -0.3 is 4.90 Å². The average Bonchev–Trinajstić information content (AvgIpc) is 3.94. The zero-order valence-corrected chi connectivity index (χ0v) is 35.4. The maximum absolute atomic E-state index is 4.48. The molecule has 60 heavy (non-hydrogen) atoms. The van der Waals surface area contributed by atoms with Gasteiger partial charge in [-0.3, -0.25) is 0 Å². The normalized spacial score (nSPS) is 18.0. The van der Waals surface area contributed by atoms with E-state index in [0.717, 1.165) is 0 Å². The first-order valence-electron chi connectivity index (χ1n) is 21.8. The SMILES string of the molecule is C=C[C@](C)(C(C)C)[C@@H](C)N(c1ccc2c(c1)C(C)(C)c1ccccc1-2)c1ccc2c(c1)C1(c3ccccc3-2)c2ccccc2-c2c1cc1c3c(cccc23)-c2ccccc2-1. The molecule has 4 aliphatic carbocycles. The summed E-state index contributed by atoms with van der Waals surface area (Å²) in [5.41, 5.74) is 23.3. The first-order chi connectivity index (χ1) is 29.1. The van der Waals surface area contributed by atoms with E-state index in [1.165, 1.54) is 111 Å². The van der Waals surface area contributed by atoms with E-state index in [2.05, 4.69) is 217 Å². The summed E-state index contributed by atoms with van der Waals surface area (Å²) in [5, 5.41) is 2.72. The number of hydrogen-bond donors (Lipinski definition) is 0. The molecule has 12 rings (SSSR count). The van der Waals surface area contributed by atoms with E-state index in [1.807, 2.05) is 0 Å². The highest BCUT2D eigenvalue weighted by Crippen LogP contribution is 2.66. The van der Waals surface area contributed by atoms with E-state index < -0.39 is 5.41 Å². The minimum absolute atomic E-state index is 0.0976. The van der Waals surface area contributed by atoms with Gasteiger partial charge in [-0.05, 0) is 143 Å². The second kappa shape index (κ2) is 12.1. The molecule has 0 aliphatic heterocycles. The van der Waals surface area contributed by atoms with Crippen LogP contribution in [0, 0.1) is 11.3 Å². The lowest BCUT2D eigenvalue weighted by Crippen LogP contribution is -2.44. The predicted molar refractivity (Wildman–Crippen MR) is 253 cm³/mol. The highest BCUT2D eigenvalue weighted by atomic mass is 15.2. The fourth-order valence-corrected chi connectivity index (χ4v) is 12.2. The Bertz CT molecular complexity index is 3180. The van der Waals surface area contributed by atoms with E-state index in [0.29, 0.717) is 5.92 Å². The van der Waals surface area contributed by atoms with Gasteiger partial charge in [0.2, 0.25) is 0 Å². The number of fused-ring (bicyclic) bond motifs is 17. The van der Waals surface area contributed by atoms with Crippen LogP contribution in [0.25, 0.3) is 66.4 Å².